The van der Waals surface area contributed by atoms with Gasteiger partial charge in [0.05, 0.1) is 12.8 Å². The van der Waals surface area contributed by atoms with Crippen molar-refractivity contribution < 1.29 is 14.7 Å². The van der Waals surface area contributed by atoms with Gasteiger partial charge in [-0.3, -0.25) is 4.79 Å². The maximum atomic E-state index is 12.1. The van der Waals surface area contributed by atoms with E-state index in [-0.39, 0.29) is 5.92 Å². The van der Waals surface area contributed by atoms with Crippen molar-refractivity contribution in [2.45, 2.75) is 18.4 Å². The molecule has 2 unspecified atom stereocenters. The van der Waals surface area contributed by atoms with Crippen molar-refractivity contribution in [2.24, 2.45) is 21.4 Å². The number of carbonyl (C=O) groups is 1. The first-order chi connectivity index (χ1) is 17.1. The molecule has 7 heteroatoms. The van der Waals surface area contributed by atoms with Crippen LogP contribution in [-0.2, 0) is 25.9 Å². The molecule has 6 nitrogen and oxygen atoms in total. The Morgan fingerprint density at radius 3 is 1.86 bits per heavy atom. The van der Waals surface area contributed by atoms with Gasteiger partial charge in [0.2, 0.25) is 0 Å². The standard InChI is InChI=1S/C28H27N3O3S/c1-34-31-35-19-24(25(26(32)33)20-17-18-20)29-27(35)30-28(21-11-5-2-6-12-21,22-13-7-3-8-14-22)23-15-9-4-10-16-23/h2-16,19-20,25H,17-18H2,1H3,(H,29,30)(H,32,33). The van der Waals surface area contributed by atoms with Crippen LogP contribution in [0.5, 0.6) is 0 Å². The Morgan fingerprint density at radius 1 is 0.971 bits per heavy atom. The topological polar surface area (TPSA) is 83.3 Å². The van der Waals surface area contributed by atoms with Crippen LogP contribution in [0.15, 0.2) is 112 Å². The van der Waals surface area contributed by atoms with Gasteiger partial charge in [-0.25, -0.2) is 9.83 Å². The van der Waals surface area contributed by atoms with Crippen LogP contribution in [0.1, 0.15) is 29.5 Å². The van der Waals surface area contributed by atoms with Gasteiger partial charge in [0.1, 0.15) is 11.5 Å². The Labute approximate surface area is 207 Å². The van der Waals surface area contributed by atoms with Crippen LogP contribution >= 0.6 is 0 Å². The van der Waals surface area contributed by atoms with E-state index in [0.29, 0.717) is 10.9 Å². The lowest BCUT2D eigenvalue weighted by Gasteiger charge is -2.37. The highest BCUT2D eigenvalue weighted by molar-refractivity contribution is 8.05. The Balaban J connectivity index is 1.69. The molecule has 0 radical (unpaired) electrons. The smallest absolute Gasteiger partial charge is 0.312 e. The van der Waals surface area contributed by atoms with E-state index in [2.05, 4.69) is 46.2 Å². The second-order valence-electron chi connectivity index (χ2n) is 8.66. The highest BCUT2D eigenvalue weighted by atomic mass is 32.2. The van der Waals surface area contributed by atoms with E-state index in [0.717, 1.165) is 29.5 Å². The lowest BCUT2D eigenvalue weighted by atomic mass is 9.77. The molecule has 0 spiro atoms. The van der Waals surface area contributed by atoms with E-state index < -0.39 is 28.1 Å². The molecule has 2 aliphatic rings. The zero-order valence-electron chi connectivity index (χ0n) is 19.4. The predicted molar refractivity (Wildman–Crippen MR) is 139 cm³/mol. The fourth-order valence-corrected chi connectivity index (χ4v) is 5.93. The summed E-state index contributed by atoms with van der Waals surface area (Å²) in [6, 6.07) is 30.6. The first-order valence-corrected chi connectivity index (χ1v) is 12.8. The fraction of sp³-hybridized carbons (Fsp3) is 0.214. The van der Waals surface area contributed by atoms with Gasteiger partial charge in [0.15, 0.2) is 5.17 Å². The largest absolute Gasteiger partial charge is 0.481 e. The quantitative estimate of drug-likeness (QED) is 0.337. The third-order valence-corrected chi connectivity index (χ3v) is 7.77. The molecule has 1 aliphatic heterocycles. The highest BCUT2D eigenvalue weighted by Gasteiger charge is 2.43. The van der Waals surface area contributed by atoms with E-state index >= 15 is 0 Å². The number of amidine groups is 1. The monoisotopic (exact) mass is 485 g/mol. The SMILES string of the molecule is CON=S1C=C(C(C(=O)O)C2CC2)N=C1NC(c1ccccc1)(c1ccccc1)c1ccccc1. The van der Waals surface area contributed by atoms with Crippen molar-refractivity contribution in [1.29, 1.82) is 0 Å². The van der Waals surface area contributed by atoms with Gasteiger partial charge in [0.25, 0.3) is 0 Å². The number of rotatable bonds is 8. The number of carboxylic acids is 1. The molecule has 1 heterocycles. The first-order valence-electron chi connectivity index (χ1n) is 11.6. The number of nitrogens with zero attached hydrogens (tertiary/aromatic N) is 2. The van der Waals surface area contributed by atoms with Crippen LogP contribution in [-0.4, -0.2) is 23.4 Å². The van der Waals surface area contributed by atoms with Crippen LogP contribution < -0.4 is 5.32 Å². The van der Waals surface area contributed by atoms with Gasteiger partial charge in [0, 0.05) is 16.1 Å². The number of benzene rings is 3. The predicted octanol–water partition coefficient (Wildman–Crippen LogP) is 5.25. The zero-order chi connectivity index (χ0) is 24.3. The summed E-state index contributed by atoms with van der Waals surface area (Å²) in [7, 11) is 0.632. The molecule has 1 saturated carbocycles. The van der Waals surface area contributed by atoms with Gasteiger partial charge in [-0.05, 0) is 35.4 Å². The third kappa shape index (κ3) is 4.57. The molecule has 0 saturated heterocycles. The summed E-state index contributed by atoms with van der Waals surface area (Å²) < 4.78 is 4.31. The summed E-state index contributed by atoms with van der Waals surface area (Å²) in [6.07, 6.45) is 1.81. The first kappa shape index (κ1) is 23.2. The normalized spacial score (nSPS) is 18.6. The van der Waals surface area contributed by atoms with E-state index in [1.165, 1.54) is 7.11 Å². The number of hydrogen-bond acceptors (Lipinski definition) is 5. The maximum absolute atomic E-state index is 12.1. The second-order valence-corrected chi connectivity index (χ2v) is 10.1. The van der Waals surface area contributed by atoms with Gasteiger partial charge >= 0.3 is 5.97 Å². The highest BCUT2D eigenvalue weighted by Crippen LogP contribution is 2.43. The summed E-state index contributed by atoms with van der Waals surface area (Å²) in [5, 5.41) is 16.1. The van der Waals surface area contributed by atoms with Crippen molar-refractivity contribution in [3.05, 3.63) is 119 Å². The zero-order valence-corrected chi connectivity index (χ0v) is 20.2. The van der Waals surface area contributed by atoms with Gasteiger partial charge in [-0.15, -0.1) is 0 Å². The molecule has 5 rings (SSSR count). The number of nitrogens with one attached hydrogen (secondary N) is 1. The Bertz CT molecular complexity index is 1190. The lowest BCUT2D eigenvalue weighted by Crippen LogP contribution is -2.48. The molecule has 0 amide bonds. The molecule has 1 fully saturated rings. The van der Waals surface area contributed by atoms with Crippen molar-refractivity contribution >= 4 is 21.8 Å². The molecule has 2 atom stereocenters. The minimum atomic E-state index is -0.873. The molecule has 178 valence electrons. The number of aliphatic imine (C=N–C) groups is 1. The van der Waals surface area contributed by atoms with E-state index in [4.69, 9.17) is 9.83 Å². The molecule has 1 aliphatic carbocycles. The Hall–Kier alpha value is -3.55. The van der Waals surface area contributed by atoms with Crippen LogP contribution in [0.3, 0.4) is 0 Å². The minimum absolute atomic E-state index is 0.122. The summed E-state index contributed by atoms with van der Waals surface area (Å²) >= 11 is 0. The summed E-state index contributed by atoms with van der Waals surface area (Å²) in [6.45, 7) is 0. The summed E-state index contributed by atoms with van der Waals surface area (Å²) in [5.41, 5.74) is 2.87. The summed E-state index contributed by atoms with van der Waals surface area (Å²) in [5.74, 6) is -1.35. The van der Waals surface area contributed by atoms with Crippen molar-refractivity contribution in [3.63, 3.8) is 0 Å². The molecule has 0 aromatic heterocycles. The fourth-order valence-electron chi connectivity index (χ4n) is 4.66. The van der Waals surface area contributed by atoms with Crippen LogP contribution in [0.25, 0.3) is 0 Å². The molecule has 3 aromatic rings. The summed E-state index contributed by atoms with van der Waals surface area (Å²) in [4.78, 5) is 22.1. The van der Waals surface area contributed by atoms with Gasteiger partial charge in [-0.2, -0.15) is 0 Å². The van der Waals surface area contributed by atoms with E-state index in [9.17, 15) is 9.90 Å². The van der Waals surface area contributed by atoms with E-state index in [1.54, 1.807) is 0 Å². The average Bonchev–Trinajstić information content (AvgIpc) is 3.65. The minimum Gasteiger partial charge on any atom is -0.481 e. The average molecular weight is 486 g/mol. The number of carboxylic acid groups (broad SMARTS) is 1. The number of aliphatic carboxylic acids is 1. The molecular formula is C28H27N3O3S. The maximum Gasteiger partial charge on any atom is 0.312 e. The molecule has 3 aromatic carbocycles. The molecule has 0 bridgehead atoms. The number of hydrogen-bond donors (Lipinski definition) is 2. The third-order valence-electron chi connectivity index (χ3n) is 6.41. The molecule has 35 heavy (non-hydrogen) atoms. The second kappa shape index (κ2) is 9.98. The van der Waals surface area contributed by atoms with Crippen LogP contribution in [0.4, 0.5) is 0 Å². The van der Waals surface area contributed by atoms with Crippen molar-refractivity contribution in [3.8, 4) is 0 Å². The van der Waals surface area contributed by atoms with E-state index in [1.807, 2.05) is 60.0 Å². The lowest BCUT2D eigenvalue weighted by molar-refractivity contribution is -0.141. The van der Waals surface area contributed by atoms with Crippen molar-refractivity contribution in [2.75, 3.05) is 7.11 Å². The molecule has 2 N–H and O–H groups in total. The Morgan fingerprint density at radius 2 is 1.46 bits per heavy atom. The van der Waals surface area contributed by atoms with Crippen LogP contribution in [0, 0.1) is 11.8 Å². The van der Waals surface area contributed by atoms with Crippen LogP contribution in [0.2, 0.25) is 0 Å². The van der Waals surface area contributed by atoms with Gasteiger partial charge in [-0.1, -0.05) is 95.5 Å². The Kier molecular flexibility index (Phi) is 6.61. The van der Waals surface area contributed by atoms with Gasteiger partial charge < -0.3 is 10.4 Å². The molecular weight excluding hydrogens is 458 g/mol. The van der Waals surface area contributed by atoms with Crippen molar-refractivity contribution in [1.82, 2.24) is 5.32 Å².